The molecule has 88 valence electrons. The van der Waals surface area contributed by atoms with E-state index in [4.69, 9.17) is 10.5 Å². The molecule has 1 aromatic heterocycles. The average molecular weight is 232 g/mol. The highest BCUT2D eigenvalue weighted by Gasteiger charge is 2.12. The van der Waals surface area contributed by atoms with Crippen LogP contribution in [0.15, 0.2) is 30.5 Å². The lowest BCUT2D eigenvalue weighted by Gasteiger charge is -2.09. The molecule has 4 heteroatoms. The molecule has 0 fully saturated rings. The molecular formula is C13H13FN2O. The molecule has 0 unspecified atom stereocenters. The lowest BCUT2D eigenvalue weighted by Crippen LogP contribution is -1.96. The van der Waals surface area contributed by atoms with E-state index in [0.29, 0.717) is 22.7 Å². The topological polar surface area (TPSA) is 48.1 Å². The third-order valence-corrected chi connectivity index (χ3v) is 2.48. The summed E-state index contributed by atoms with van der Waals surface area (Å²) in [5.74, 6) is 0.0534. The Morgan fingerprint density at radius 3 is 2.65 bits per heavy atom. The zero-order chi connectivity index (χ0) is 12.4. The zero-order valence-corrected chi connectivity index (χ0v) is 9.70. The Kier molecular flexibility index (Phi) is 2.95. The molecule has 17 heavy (non-hydrogen) atoms. The molecule has 1 heterocycles. The van der Waals surface area contributed by atoms with Gasteiger partial charge in [0.05, 0.1) is 19.0 Å². The van der Waals surface area contributed by atoms with Crippen molar-refractivity contribution >= 4 is 5.69 Å². The summed E-state index contributed by atoms with van der Waals surface area (Å²) in [4.78, 5) is 4.02. The molecule has 0 aliphatic carbocycles. The summed E-state index contributed by atoms with van der Waals surface area (Å²) in [6, 6.07) is 6.65. The van der Waals surface area contributed by atoms with Crippen LogP contribution in [0.1, 0.15) is 5.56 Å². The van der Waals surface area contributed by atoms with Gasteiger partial charge in [-0.3, -0.25) is 0 Å². The lowest BCUT2D eigenvalue weighted by atomic mass is 10.0. The highest BCUT2D eigenvalue weighted by Crippen LogP contribution is 2.31. The first kappa shape index (κ1) is 11.4. The van der Waals surface area contributed by atoms with Gasteiger partial charge in [-0.05, 0) is 24.6 Å². The molecule has 2 rings (SSSR count). The van der Waals surface area contributed by atoms with Crippen LogP contribution < -0.4 is 10.5 Å². The Balaban J connectivity index is 2.62. The predicted octanol–water partition coefficient (Wildman–Crippen LogP) is 2.79. The SMILES string of the molecule is COc1ncc(N)cc1-c1ccc(C)cc1F. The van der Waals surface area contributed by atoms with Crippen molar-refractivity contribution in [3.63, 3.8) is 0 Å². The van der Waals surface area contributed by atoms with Crippen LogP contribution in [0.5, 0.6) is 5.88 Å². The standard InChI is InChI=1S/C13H13FN2O/c1-8-3-4-10(12(14)5-8)11-6-9(15)7-16-13(11)17-2/h3-7H,15H2,1-2H3. The number of benzene rings is 1. The number of hydrogen-bond donors (Lipinski definition) is 1. The number of rotatable bonds is 2. The van der Waals surface area contributed by atoms with E-state index in [1.54, 1.807) is 12.1 Å². The van der Waals surface area contributed by atoms with E-state index >= 15 is 0 Å². The maximum Gasteiger partial charge on any atom is 0.221 e. The van der Waals surface area contributed by atoms with Gasteiger partial charge in [0.2, 0.25) is 5.88 Å². The quantitative estimate of drug-likeness (QED) is 0.866. The van der Waals surface area contributed by atoms with Gasteiger partial charge in [-0.15, -0.1) is 0 Å². The Bertz CT molecular complexity index is 555. The summed E-state index contributed by atoms with van der Waals surface area (Å²) in [5, 5.41) is 0. The minimum absolute atomic E-state index is 0.310. The third-order valence-electron chi connectivity index (χ3n) is 2.48. The van der Waals surface area contributed by atoms with Crippen LogP contribution in [0, 0.1) is 12.7 Å². The minimum atomic E-state index is -0.310. The highest BCUT2D eigenvalue weighted by molar-refractivity contribution is 5.72. The van der Waals surface area contributed by atoms with Crippen LogP contribution in [-0.2, 0) is 0 Å². The van der Waals surface area contributed by atoms with Gasteiger partial charge in [0, 0.05) is 11.1 Å². The minimum Gasteiger partial charge on any atom is -0.481 e. The van der Waals surface area contributed by atoms with Crippen molar-refractivity contribution in [2.75, 3.05) is 12.8 Å². The first-order valence-electron chi connectivity index (χ1n) is 5.18. The number of halogens is 1. The molecule has 0 aliphatic heterocycles. The molecule has 0 amide bonds. The molecule has 1 aromatic carbocycles. The summed E-state index contributed by atoms with van der Waals surface area (Å²) in [6.45, 7) is 1.84. The number of methoxy groups -OCH3 is 1. The summed E-state index contributed by atoms with van der Waals surface area (Å²) in [5.41, 5.74) is 7.99. The number of hydrogen-bond acceptors (Lipinski definition) is 3. The predicted molar refractivity (Wildman–Crippen MR) is 65.3 cm³/mol. The number of pyridine rings is 1. The van der Waals surface area contributed by atoms with Crippen molar-refractivity contribution in [1.82, 2.24) is 4.98 Å². The first-order valence-corrected chi connectivity index (χ1v) is 5.18. The maximum atomic E-state index is 13.9. The molecule has 0 radical (unpaired) electrons. The number of nitrogen functional groups attached to an aromatic ring is 1. The van der Waals surface area contributed by atoms with Crippen molar-refractivity contribution in [3.05, 3.63) is 41.8 Å². The molecule has 0 saturated heterocycles. The largest absolute Gasteiger partial charge is 0.481 e. The molecular weight excluding hydrogens is 219 g/mol. The van der Waals surface area contributed by atoms with Gasteiger partial charge in [-0.1, -0.05) is 12.1 Å². The number of nitrogens with zero attached hydrogens (tertiary/aromatic N) is 1. The number of anilines is 1. The monoisotopic (exact) mass is 232 g/mol. The molecule has 0 spiro atoms. The second-order valence-corrected chi connectivity index (χ2v) is 3.81. The first-order chi connectivity index (χ1) is 8.11. The van der Waals surface area contributed by atoms with Crippen molar-refractivity contribution in [1.29, 1.82) is 0 Å². The van der Waals surface area contributed by atoms with E-state index in [-0.39, 0.29) is 5.82 Å². The van der Waals surface area contributed by atoms with Crippen molar-refractivity contribution in [3.8, 4) is 17.0 Å². The van der Waals surface area contributed by atoms with Crippen LogP contribution in [0.25, 0.3) is 11.1 Å². The number of nitrogens with two attached hydrogens (primary N) is 1. The van der Waals surface area contributed by atoms with E-state index in [1.165, 1.54) is 19.4 Å². The molecule has 0 aliphatic rings. The molecule has 0 bridgehead atoms. The second-order valence-electron chi connectivity index (χ2n) is 3.81. The lowest BCUT2D eigenvalue weighted by molar-refractivity contribution is 0.399. The number of ether oxygens (including phenoxy) is 1. The van der Waals surface area contributed by atoms with Gasteiger partial charge in [-0.25, -0.2) is 9.37 Å². The van der Waals surface area contributed by atoms with Crippen LogP contribution in [0.4, 0.5) is 10.1 Å². The average Bonchev–Trinajstić information content (AvgIpc) is 2.29. The van der Waals surface area contributed by atoms with E-state index in [9.17, 15) is 4.39 Å². The van der Waals surface area contributed by atoms with Crippen molar-refractivity contribution in [2.24, 2.45) is 0 Å². The molecule has 3 nitrogen and oxygen atoms in total. The Hall–Kier alpha value is -2.10. The Labute approximate surface area is 99.1 Å². The van der Waals surface area contributed by atoms with E-state index in [2.05, 4.69) is 4.98 Å². The van der Waals surface area contributed by atoms with E-state index < -0.39 is 0 Å². The molecule has 0 atom stereocenters. The van der Waals surface area contributed by atoms with Crippen molar-refractivity contribution in [2.45, 2.75) is 6.92 Å². The molecule has 0 saturated carbocycles. The Morgan fingerprint density at radius 1 is 1.24 bits per heavy atom. The third kappa shape index (κ3) is 2.20. The van der Waals surface area contributed by atoms with Crippen LogP contribution in [0.3, 0.4) is 0 Å². The maximum absolute atomic E-state index is 13.9. The fourth-order valence-corrected chi connectivity index (χ4v) is 1.66. The second kappa shape index (κ2) is 4.41. The zero-order valence-electron chi connectivity index (χ0n) is 9.70. The fraction of sp³-hybridized carbons (Fsp3) is 0.154. The van der Waals surface area contributed by atoms with Gasteiger partial charge < -0.3 is 10.5 Å². The number of aryl methyl sites for hydroxylation is 1. The smallest absolute Gasteiger partial charge is 0.221 e. The Morgan fingerprint density at radius 2 is 2.00 bits per heavy atom. The fourth-order valence-electron chi connectivity index (χ4n) is 1.66. The number of aromatic nitrogens is 1. The van der Waals surface area contributed by atoms with E-state index in [1.807, 2.05) is 13.0 Å². The van der Waals surface area contributed by atoms with Crippen LogP contribution in [0.2, 0.25) is 0 Å². The normalized spacial score (nSPS) is 10.3. The summed E-state index contributed by atoms with van der Waals surface area (Å²) < 4.78 is 19.0. The summed E-state index contributed by atoms with van der Waals surface area (Å²) >= 11 is 0. The van der Waals surface area contributed by atoms with Crippen LogP contribution in [-0.4, -0.2) is 12.1 Å². The molecule has 2 aromatic rings. The van der Waals surface area contributed by atoms with Gasteiger partial charge in [0.25, 0.3) is 0 Å². The van der Waals surface area contributed by atoms with Gasteiger partial charge >= 0.3 is 0 Å². The molecule has 2 N–H and O–H groups in total. The van der Waals surface area contributed by atoms with Gasteiger partial charge in [-0.2, -0.15) is 0 Å². The van der Waals surface area contributed by atoms with E-state index in [0.717, 1.165) is 5.56 Å². The van der Waals surface area contributed by atoms with Gasteiger partial charge in [0.15, 0.2) is 0 Å². The van der Waals surface area contributed by atoms with Crippen molar-refractivity contribution < 1.29 is 9.13 Å². The van der Waals surface area contributed by atoms with Crippen LogP contribution >= 0.6 is 0 Å². The van der Waals surface area contributed by atoms with Gasteiger partial charge in [0.1, 0.15) is 5.82 Å². The summed E-state index contributed by atoms with van der Waals surface area (Å²) in [6.07, 6.45) is 1.48. The summed E-state index contributed by atoms with van der Waals surface area (Å²) in [7, 11) is 1.49. The highest BCUT2D eigenvalue weighted by atomic mass is 19.1.